The van der Waals surface area contributed by atoms with Crippen LogP contribution in [0.3, 0.4) is 0 Å². The molecule has 1 fully saturated rings. The molecule has 6 rings (SSSR count). The second-order valence-corrected chi connectivity index (χ2v) is 9.31. The summed E-state index contributed by atoms with van der Waals surface area (Å²) in [5, 5.41) is 2.17. The van der Waals surface area contributed by atoms with Gasteiger partial charge in [-0.25, -0.2) is 4.39 Å². The van der Waals surface area contributed by atoms with E-state index in [4.69, 9.17) is 9.47 Å². The molecule has 0 radical (unpaired) electrons. The number of hydrogen-bond donors (Lipinski definition) is 0. The monoisotopic (exact) mass is 467 g/mol. The van der Waals surface area contributed by atoms with Crippen LogP contribution in [0.15, 0.2) is 73.1 Å². The number of fused-ring (bicyclic) bond motifs is 2. The topological polar surface area (TPSA) is 48.4 Å². The maximum atomic E-state index is 15.1. The van der Waals surface area contributed by atoms with E-state index < -0.39 is 0 Å². The molecule has 4 nitrogen and oxygen atoms in total. The summed E-state index contributed by atoms with van der Waals surface area (Å²) in [5.41, 5.74) is 4.79. The Bertz CT molecular complexity index is 1410. The lowest BCUT2D eigenvalue weighted by atomic mass is 9.94. The largest absolute Gasteiger partial charge is 0.486 e. The molecule has 3 aromatic carbocycles. The second kappa shape index (κ2) is 8.81. The Hall–Kier alpha value is -3.73. The molecule has 4 aromatic rings. The number of hydrogen-bond acceptors (Lipinski definition) is 4. The van der Waals surface area contributed by atoms with Crippen molar-refractivity contribution in [3.8, 4) is 16.9 Å². The summed E-state index contributed by atoms with van der Waals surface area (Å²) in [4.78, 5) is 16.4. The van der Waals surface area contributed by atoms with Crippen LogP contribution >= 0.6 is 0 Å². The van der Waals surface area contributed by atoms with Gasteiger partial charge in [0.2, 0.25) is 0 Å². The Balaban J connectivity index is 1.25. The molecule has 35 heavy (non-hydrogen) atoms. The van der Waals surface area contributed by atoms with Gasteiger partial charge >= 0.3 is 5.97 Å². The molecule has 1 heterocycles. The predicted octanol–water partition coefficient (Wildman–Crippen LogP) is 6.77. The molecule has 176 valence electrons. The van der Waals surface area contributed by atoms with Gasteiger partial charge in [0.25, 0.3) is 0 Å². The molecule has 0 saturated heterocycles. The molecule has 1 aromatic heterocycles. The van der Waals surface area contributed by atoms with E-state index >= 15 is 4.39 Å². The van der Waals surface area contributed by atoms with Gasteiger partial charge in [-0.05, 0) is 72.4 Å². The molecule has 5 heteroatoms. The third-order valence-electron chi connectivity index (χ3n) is 7.21. The minimum absolute atomic E-state index is 0.0421. The van der Waals surface area contributed by atoms with Gasteiger partial charge in [0.15, 0.2) is 0 Å². The van der Waals surface area contributed by atoms with E-state index in [9.17, 15) is 4.79 Å². The summed E-state index contributed by atoms with van der Waals surface area (Å²) in [6.45, 7) is 2.24. The SMILES string of the molecule is CCOC(=O)[C@H]1C[C@@H]1c1ccc(O[C@@H]2CCc3c(-c4cncc5ccccc45)ccc(F)c32)cc1. The number of pyridine rings is 1. The van der Waals surface area contributed by atoms with E-state index in [-0.39, 0.29) is 29.7 Å². The second-order valence-electron chi connectivity index (χ2n) is 9.31. The third kappa shape index (κ3) is 3.95. The maximum Gasteiger partial charge on any atom is 0.309 e. The molecule has 2 aliphatic rings. The number of aromatic nitrogens is 1. The van der Waals surface area contributed by atoms with Crippen LogP contribution in [0.2, 0.25) is 0 Å². The number of carbonyl (C=O) groups excluding carboxylic acids is 1. The van der Waals surface area contributed by atoms with E-state index in [0.717, 1.165) is 52.3 Å². The maximum absolute atomic E-state index is 15.1. The number of ether oxygens (including phenoxy) is 2. The lowest BCUT2D eigenvalue weighted by Gasteiger charge is -2.17. The zero-order chi connectivity index (χ0) is 23.9. The van der Waals surface area contributed by atoms with E-state index in [1.807, 2.05) is 67.8 Å². The molecule has 0 amide bonds. The van der Waals surface area contributed by atoms with Crippen LogP contribution in [0.1, 0.15) is 48.5 Å². The highest BCUT2D eigenvalue weighted by molar-refractivity contribution is 5.96. The van der Waals surface area contributed by atoms with Crippen LogP contribution in [-0.4, -0.2) is 17.6 Å². The van der Waals surface area contributed by atoms with E-state index in [2.05, 4.69) is 11.1 Å². The summed E-state index contributed by atoms with van der Waals surface area (Å²) in [7, 11) is 0. The van der Waals surface area contributed by atoms with Crippen molar-refractivity contribution in [3.05, 3.63) is 95.6 Å². The number of carbonyl (C=O) groups is 1. The highest BCUT2D eigenvalue weighted by Gasteiger charge is 2.45. The standard InChI is InChI=1S/C30H26FNO3/c1-2-34-30(33)25-15-24(25)18-7-9-20(10-8-18)35-28-14-12-23-22(11-13-27(31)29(23)28)26-17-32-16-19-5-3-4-6-21(19)26/h3-11,13,16-17,24-25,28H,2,12,14-15H2,1H3/t24-,25+,28-/m1/s1. The smallest absolute Gasteiger partial charge is 0.309 e. The molecule has 0 spiro atoms. The lowest BCUT2D eigenvalue weighted by molar-refractivity contribution is -0.144. The first-order chi connectivity index (χ1) is 17.1. The van der Waals surface area contributed by atoms with Gasteiger partial charge in [0.1, 0.15) is 17.7 Å². The van der Waals surface area contributed by atoms with Crippen molar-refractivity contribution in [1.29, 1.82) is 0 Å². The molecular weight excluding hydrogens is 441 g/mol. The van der Waals surface area contributed by atoms with Gasteiger partial charge < -0.3 is 9.47 Å². The molecular formula is C30H26FNO3. The van der Waals surface area contributed by atoms with Crippen molar-refractivity contribution in [1.82, 2.24) is 4.98 Å². The zero-order valence-electron chi connectivity index (χ0n) is 19.5. The first kappa shape index (κ1) is 21.8. The minimum atomic E-state index is -0.341. The van der Waals surface area contributed by atoms with Crippen LogP contribution in [-0.2, 0) is 16.0 Å². The van der Waals surface area contributed by atoms with Crippen molar-refractivity contribution in [2.24, 2.45) is 5.92 Å². The molecule has 1 saturated carbocycles. The minimum Gasteiger partial charge on any atom is -0.486 e. The van der Waals surface area contributed by atoms with E-state index in [1.54, 1.807) is 6.07 Å². The molecule has 0 unspecified atom stereocenters. The van der Waals surface area contributed by atoms with Crippen LogP contribution in [0.5, 0.6) is 5.75 Å². The van der Waals surface area contributed by atoms with Crippen molar-refractivity contribution < 1.29 is 18.7 Å². The quantitative estimate of drug-likeness (QED) is 0.294. The predicted molar refractivity (Wildman–Crippen MR) is 133 cm³/mol. The summed E-state index contributed by atoms with van der Waals surface area (Å²) < 4.78 is 26.5. The van der Waals surface area contributed by atoms with Crippen LogP contribution in [0, 0.1) is 11.7 Å². The summed E-state index contributed by atoms with van der Waals surface area (Å²) in [6, 6.07) is 19.4. The Morgan fingerprint density at radius 1 is 1.03 bits per heavy atom. The Labute approximate surface area is 203 Å². The Morgan fingerprint density at radius 3 is 2.69 bits per heavy atom. The average Bonchev–Trinajstić information content (AvgIpc) is 3.58. The molecule has 2 aliphatic carbocycles. The fourth-order valence-electron chi connectivity index (χ4n) is 5.41. The highest BCUT2D eigenvalue weighted by atomic mass is 19.1. The van der Waals surface area contributed by atoms with Crippen molar-refractivity contribution in [2.75, 3.05) is 6.61 Å². The van der Waals surface area contributed by atoms with Gasteiger partial charge in [0.05, 0.1) is 12.5 Å². The fourth-order valence-corrected chi connectivity index (χ4v) is 5.41. The summed E-state index contributed by atoms with van der Waals surface area (Å²) >= 11 is 0. The lowest BCUT2D eigenvalue weighted by Crippen LogP contribution is -2.07. The van der Waals surface area contributed by atoms with Crippen molar-refractivity contribution >= 4 is 16.7 Å². The normalized spacial score (nSPS) is 20.5. The van der Waals surface area contributed by atoms with E-state index in [1.165, 1.54) is 0 Å². The van der Waals surface area contributed by atoms with Crippen LogP contribution in [0.25, 0.3) is 21.9 Å². The number of benzene rings is 3. The zero-order valence-corrected chi connectivity index (χ0v) is 19.5. The van der Waals surface area contributed by atoms with Gasteiger partial charge in [0, 0.05) is 28.9 Å². The number of rotatable bonds is 6. The van der Waals surface area contributed by atoms with Crippen LogP contribution < -0.4 is 4.74 Å². The third-order valence-corrected chi connectivity index (χ3v) is 7.21. The first-order valence-electron chi connectivity index (χ1n) is 12.2. The molecule has 0 N–H and O–H groups in total. The fraction of sp³-hybridized carbons (Fsp3) is 0.267. The molecule has 0 bridgehead atoms. The highest BCUT2D eigenvalue weighted by Crippen LogP contribution is 2.49. The van der Waals surface area contributed by atoms with Crippen molar-refractivity contribution in [3.63, 3.8) is 0 Å². The van der Waals surface area contributed by atoms with Gasteiger partial charge in [-0.3, -0.25) is 9.78 Å². The average molecular weight is 468 g/mol. The van der Waals surface area contributed by atoms with E-state index in [0.29, 0.717) is 17.9 Å². The summed E-state index contributed by atoms with van der Waals surface area (Å²) in [5.74, 6) is 0.528. The number of esters is 1. The number of nitrogens with zero attached hydrogens (tertiary/aromatic N) is 1. The summed E-state index contributed by atoms with van der Waals surface area (Å²) in [6.07, 6.45) is 5.67. The first-order valence-corrected chi connectivity index (χ1v) is 12.2. The number of halogens is 1. The van der Waals surface area contributed by atoms with Crippen LogP contribution in [0.4, 0.5) is 4.39 Å². The van der Waals surface area contributed by atoms with Gasteiger partial charge in [-0.15, -0.1) is 0 Å². The molecule has 0 aliphatic heterocycles. The van der Waals surface area contributed by atoms with Gasteiger partial charge in [-0.1, -0.05) is 42.5 Å². The Morgan fingerprint density at radius 2 is 1.86 bits per heavy atom. The Kier molecular flexibility index (Phi) is 5.48. The van der Waals surface area contributed by atoms with Crippen molar-refractivity contribution in [2.45, 2.75) is 38.2 Å². The van der Waals surface area contributed by atoms with Gasteiger partial charge in [-0.2, -0.15) is 0 Å². The molecule has 3 atom stereocenters.